The lowest BCUT2D eigenvalue weighted by Crippen LogP contribution is -2.11. The average molecular weight is 321 g/mol. The van der Waals surface area contributed by atoms with Gasteiger partial charge in [0.25, 0.3) is 0 Å². The molecule has 4 nitrogen and oxygen atoms in total. The Bertz CT molecular complexity index is 587. The van der Waals surface area contributed by atoms with Crippen molar-refractivity contribution in [2.45, 2.75) is 19.3 Å². The fourth-order valence-corrected chi connectivity index (χ4v) is 2.40. The van der Waals surface area contributed by atoms with Crippen molar-refractivity contribution in [2.24, 2.45) is 0 Å². The zero-order valence-electron chi connectivity index (χ0n) is 10.4. The molecule has 0 spiro atoms. The molecule has 1 atom stereocenters. The maximum atomic E-state index is 11.1. The first-order valence-corrected chi connectivity index (χ1v) is 6.61. The van der Waals surface area contributed by atoms with Crippen molar-refractivity contribution in [3.05, 3.63) is 58.1 Å². The molecule has 1 N–H and O–H groups in total. The van der Waals surface area contributed by atoms with Crippen molar-refractivity contribution < 1.29 is 9.90 Å². The molecule has 2 aromatic rings. The van der Waals surface area contributed by atoms with Crippen LogP contribution < -0.4 is 0 Å². The van der Waals surface area contributed by atoms with E-state index in [2.05, 4.69) is 25.9 Å². The Morgan fingerprint density at radius 3 is 2.84 bits per heavy atom. The van der Waals surface area contributed by atoms with Crippen molar-refractivity contribution in [2.75, 3.05) is 0 Å². The highest BCUT2D eigenvalue weighted by atomic mass is 79.9. The molecule has 0 bridgehead atoms. The minimum absolute atomic E-state index is 0.00398. The third-order valence-electron chi connectivity index (χ3n) is 2.94. The van der Waals surface area contributed by atoms with E-state index in [9.17, 15) is 4.79 Å². The Balaban J connectivity index is 2.48. The smallest absolute Gasteiger partial charge is 0.304 e. The van der Waals surface area contributed by atoms with Crippen molar-refractivity contribution in [1.82, 2.24) is 9.97 Å². The monoisotopic (exact) mass is 320 g/mol. The first-order valence-electron chi connectivity index (χ1n) is 5.81. The molecule has 1 unspecified atom stereocenters. The van der Waals surface area contributed by atoms with E-state index in [1.54, 1.807) is 18.6 Å². The van der Waals surface area contributed by atoms with Gasteiger partial charge in [-0.25, -0.2) is 0 Å². The standard InChI is InChI=1S/C14H13BrN2O2/c1-9-2-3-10(15)6-11(9)12(7-14(18)19)13-8-16-4-5-17-13/h2-6,8,12H,7H2,1H3,(H,18,19). The summed E-state index contributed by atoms with van der Waals surface area (Å²) in [5.74, 6) is -1.14. The summed E-state index contributed by atoms with van der Waals surface area (Å²) in [6, 6.07) is 5.84. The number of hydrogen-bond donors (Lipinski definition) is 1. The van der Waals surface area contributed by atoms with Gasteiger partial charge in [0.05, 0.1) is 12.1 Å². The second-order valence-corrected chi connectivity index (χ2v) is 5.20. The van der Waals surface area contributed by atoms with E-state index in [0.717, 1.165) is 15.6 Å². The number of aryl methyl sites for hydroxylation is 1. The largest absolute Gasteiger partial charge is 0.481 e. The first-order chi connectivity index (χ1) is 9.08. The summed E-state index contributed by atoms with van der Waals surface area (Å²) in [7, 11) is 0. The third kappa shape index (κ3) is 3.38. The molecule has 0 radical (unpaired) electrons. The van der Waals surface area contributed by atoms with E-state index in [1.165, 1.54) is 0 Å². The molecular formula is C14H13BrN2O2. The van der Waals surface area contributed by atoms with Crippen LogP contribution in [-0.4, -0.2) is 21.0 Å². The number of hydrogen-bond acceptors (Lipinski definition) is 3. The van der Waals surface area contributed by atoms with E-state index in [1.807, 2.05) is 25.1 Å². The fourth-order valence-electron chi connectivity index (χ4n) is 2.03. The number of carbonyl (C=O) groups is 1. The Morgan fingerprint density at radius 1 is 1.42 bits per heavy atom. The van der Waals surface area contributed by atoms with E-state index in [-0.39, 0.29) is 12.3 Å². The SMILES string of the molecule is Cc1ccc(Br)cc1C(CC(=O)O)c1cnccn1. The summed E-state index contributed by atoms with van der Waals surface area (Å²) in [5.41, 5.74) is 2.67. The zero-order valence-corrected chi connectivity index (χ0v) is 12.0. The molecule has 1 aromatic carbocycles. The normalized spacial score (nSPS) is 12.1. The van der Waals surface area contributed by atoms with E-state index >= 15 is 0 Å². The molecule has 0 saturated carbocycles. The predicted octanol–water partition coefficient (Wildman–Crippen LogP) is 3.15. The molecule has 0 aliphatic carbocycles. The number of nitrogens with zero attached hydrogens (tertiary/aromatic N) is 2. The Kier molecular flexibility index (Phi) is 4.27. The van der Waals surface area contributed by atoms with Crippen molar-refractivity contribution >= 4 is 21.9 Å². The molecule has 5 heteroatoms. The predicted molar refractivity (Wildman–Crippen MR) is 75.0 cm³/mol. The van der Waals surface area contributed by atoms with Gasteiger partial charge in [0.1, 0.15) is 0 Å². The van der Waals surface area contributed by atoms with Crippen LogP contribution in [-0.2, 0) is 4.79 Å². The summed E-state index contributed by atoms with van der Waals surface area (Å²) in [6.07, 6.45) is 4.77. The number of halogens is 1. The molecule has 0 fully saturated rings. The second kappa shape index (κ2) is 5.93. The van der Waals surface area contributed by atoms with Crippen molar-refractivity contribution in [3.8, 4) is 0 Å². The molecule has 0 aliphatic heterocycles. The van der Waals surface area contributed by atoms with Crippen LogP contribution in [0, 0.1) is 6.92 Å². The van der Waals surface area contributed by atoms with Gasteiger partial charge in [-0.15, -0.1) is 0 Å². The highest BCUT2D eigenvalue weighted by molar-refractivity contribution is 9.10. The molecule has 1 aromatic heterocycles. The van der Waals surface area contributed by atoms with Crippen LogP contribution in [0.2, 0.25) is 0 Å². The molecule has 0 saturated heterocycles. The topological polar surface area (TPSA) is 63.1 Å². The van der Waals surface area contributed by atoms with Gasteiger partial charge < -0.3 is 5.11 Å². The van der Waals surface area contributed by atoms with Gasteiger partial charge in [-0.3, -0.25) is 14.8 Å². The highest BCUT2D eigenvalue weighted by Gasteiger charge is 2.21. The molecule has 1 heterocycles. The number of aromatic nitrogens is 2. The van der Waals surface area contributed by atoms with Crippen LogP contribution in [0.15, 0.2) is 41.3 Å². The van der Waals surface area contributed by atoms with Gasteiger partial charge in [-0.05, 0) is 30.2 Å². The van der Waals surface area contributed by atoms with Crippen LogP contribution in [0.25, 0.3) is 0 Å². The number of carboxylic acids is 1. The third-order valence-corrected chi connectivity index (χ3v) is 3.43. The highest BCUT2D eigenvalue weighted by Crippen LogP contribution is 2.30. The number of aliphatic carboxylic acids is 1. The van der Waals surface area contributed by atoms with Crippen LogP contribution >= 0.6 is 15.9 Å². The van der Waals surface area contributed by atoms with Gasteiger partial charge in [0.15, 0.2) is 0 Å². The lowest BCUT2D eigenvalue weighted by molar-refractivity contribution is -0.137. The van der Waals surface area contributed by atoms with Crippen molar-refractivity contribution in [3.63, 3.8) is 0 Å². The van der Waals surface area contributed by atoms with Gasteiger partial charge in [0, 0.05) is 29.0 Å². The van der Waals surface area contributed by atoms with Crippen molar-refractivity contribution in [1.29, 1.82) is 0 Å². The molecule has 0 amide bonds. The lowest BCUT2D eigenvalue weighted by atomic mass is 9.89. The maximum Gasteiger partial charge on any atom is 0.304 e. The lowest BCUT2D eigenvalue weighted by Gasteiger charge is -2.17. The van der Waals surface area contributed by atoms with Crippen LogP contribution in [0.4, 0.5) is 0 Å². The van der Waals surface area contributed by atoms with Gasteiger partial charge in [-0.2, -0.15) is 0 Å². The second-order valence-electron chi connectivity index (χ2n) is 4.28. The van der Waals surface area contributed by atoms with E-state index in [0.29, 0.717) is 5.69 Å². The van der Waals surface area contributed by atoms with Gasteiger partial charge in [0.2, 0.25) is 0 Å². The Morgan fingerprint density at radius 2 is 2.21 bits per heavy atom. The number of benzene rings is 1. The quantitative estimate of drug-likeness (QED) is 0.939. The minimum Gasteiger partial charge on any atom is -0.481 e. The zero-order chi connectivity index (χ0) is 13.8. The molecule has 98 valence electrons. The fraction of sp³-hybridized carbons (Fsp3) is 0.214. The summed E-state index contributed by atoms with van der Waals surface area (Å²) in [4.78, 5) is 19.4. The Hall–Kier alpha value is -1.75. The van der Waals surface area contributed by atoms with Crippen LogP contribution in [0.5, 0.6) is 0 Å². The van der Waals surface area contributed by atoms with E-state index in [4.69, 9.17) is 5.11 Å². The Labute approximate surface area is 119 Å². The average Bonchev–Trinajstić information content (AvgIpc) is 2.40. The first kappa shape index (κ1) is 13.7. The van der Waals surface area contributed by atoms with Crippen LogP contribution in [0.3, 0.4) is 0 Å². The van der Waals surface area contributed by atoms with Gasteiger partial charge in [-0.1, -0.05) is 22.0 Å². The molecule has 2 rings (SSSR count). The van der Waals surface area contributed by atoms with Gasteiger partial charge >= 0.3 is 5.97 Å². The summed E-state index contributed by atoms with van der Waals surface area (Å²) >= 11 is 3.42. The molecule has 0 aliphatic rings. The summed E-state index contributed by atoms with van der Waals surface area (Å²) in [6.45, 7) is 1.97. The minimum atomic E-state index is -0.852. The maximum absolute atomic E-state index is 11.1. The number of rotatable bonds is 4. The molecular weight excluding hydrogens is 308 g/mol. The molecule has 19 heavy (non-hydrogen) atoms. The number of carboxylic acid groups (broad SMARTS) is 1. The summed E-state index contributed by atoms with van der Waals surface area (Å²) in [5, 5.41) is 9.11. The summed E-state index contributed by atoms with van der Waals surface area (Å²) < 4.78 is 0.923. The van der Waals surface area contributed by atoms with Crippen LogP contribution in [0.1, 0.15) is 29.2 Å². The van der Waals surface area contributed by atoms with E-state index < -0.39 is 5.97 Å².